The van der Waals surface area contributed by atoms with Crippen LogP contribution >= 0.6 is 0 Å². The summed E-state index contributed by atoms with van der Waals surface area (Å²) in [5, 5.41) is 10.2. The minimum absolute atomic E-state index is 0.519. The lowest BCUT2D eigenvalue weighted by Crippen LogP contribution is -2.34. The second-order valence-electron chi connectivity index (χ2n) is 3.80. The van der Waals surface area contributed by atoms with Crippen molar-refractivity contribution in [2.75, 3.05) is 56.4 Å². The third-order valence-corrected chi connectivity index (χ3v) is 1.71. The molecule has 0 aromatic heterocycles. The molecule has 6 heteroatoms. The van der Waals surface area contributed by atoms with Crippen LogP contribution < -0.4 is 5.32 Å². The van der Waals surface area contributed by atoms with Crippen molar-refractivity contribution in [2.24, 2.45) is 4.99 Å². The molecular weight excluding hydrogens is 204 g/mol. The van der Waals surface area contributed by atoms with Gasteiger partial charge in [0.2, 0.25) is 0 Å². The van der Waals surface area contributed by atoms with Gasteiger partial charge in [0.25, 0.3) is 0 Å². The molecule has 2 N–H and O–H groups in total. The number of nitrogens with zero attached hydrogens (tertiary/aromatic N) is 4. The van der Waals surface area contributed by atoms with E-state index in [9.17, 15) is 0 Å². The highest BCUT2D eigenvalue weighted by molar-refractivity contribution is 5.78. The number of rotatable bonds is 0. The molecule has 96 valence electrons. The van der Waals surface area contributed by atoms with Crippen LogP contribution in [0.1, 0.15) is 0 Å². The molecule has 0 heterocycles. The van der Waals surface area contributed by atoms with Gasteiger partial charge in [-0.15, -0.1) is 0 Å². The molecule has 0 fully saturated rings. The number of guanidine groups is 2. The van der Waals surface area contributed by atoms with Crippen LogP contribution in [0.3, 0.4) is 0 Å². The minimum Gasteiger partial charge on any atom is -0.359 e. The predicted molar refractivity (Wildman–Crippen MR) is 71.2 cm³/mol. The Morgan fingerprint density at radius 2 is 1.31 bits per heavy atom. The lowest BCUT2D eigenvalue weighted by molar-refractivity contribution is 0.478. The van der Waals surface area contributed by atoms with E-state index in [-0.39, 0.29) is 0 Å². The first kappa shape index (κ1) is 17.0. The van der Waals surface area contributed by atoms with Crippen molar-refractivity contribution < 1.29 is 0 Å². The van der Waals surface area contributed by atoms with E-state index in [0.29, 0.717) is 5.96 Å². The van der Waals surface area contributed by atoms with Gasteiger partial charge in [0.1, 0.15) is 0 Å². The fourth-order valence-electron chi connectivity index (χ4n) is 0.935. The first-order chi connectivity index (χ1) is 7.27. The van der Waals surface area contributed by atoms with Crippen LogP contribution in [0.15, 0.2) is 4.99 Å². The van der Waals surface area contributed by atoms with Gasteiger partial charge in [-0.25, -0.2) is 0 Å². The van der Waals surface area contributed by atoms with E-state index >= 15 is 0 Å². The topological polar surface area (TPSA) is 58.0 Å². The van der Waals surface area contributed by atoms with Crippen molar-refractivity contribution in [3.05, 3.63) is 0 Å². The van der Waals surface area contributed by atoms with Gasteiger partial charge in [-0.2, -0.15) is 0 Å². The quantitative estimate of drug-likeness (QED) is 0.447. The fourth-order valence-corrected chi connectivity index (χ4v) is 0.935. The third kappa shape index (κ3) is 7.90. The summed E-state index contributed by atoms with van der Waals surface area (Å²) in [6.45, 7) is 0. The highest BCUT2D eigenvalue weighted by Crippen LogP contribution is 1.80. The largest absolute Gasteiger partial charge is 0.359 e. The second kappa shape index (κ2) is 8.82. The molecule has 0 aliphatic carbocycles. The lowest BCUT2D eigenvalue weighted by Gasteiger charge is -2.19. The van der Waals surface area contributed by atoms with E-state index in [1.54, 1.807) is 16.8 Å². The van der Waals surface area contributed by atoms with Crippen LogP contribution in [0, 0.1) is 5.41 Å². The van der Waals surface area contributed by atoms with Crippen molar-refractivity contribution >= 4 is 11.9 Å². The van der Waals surface area contributed by atoms with Gasteiger partial charge >= 0.3 is 0 Å². The molecule has 0 spiro atoms. The van der Waals surface area contributed by atoms with Crippen LogP contribution in [0.4, 0.5) is 0 Å². The zero-order valence-electron chi connectivity index (χ0n) is 11.8. The predicted octanol–water partition coefficient (Wildman–Crippen LogP) is -0.202. The average molecular weight is 230 g/mol. The van der Waals surface area contributed by atoms with Gasteiger partial charge in [0.05, 0.1) is 0 Å². The number of aliphatic imine (C=N–C) groups is 1. The third-order valence-electron chi connectivity index (χ3n) is 1.71. The molecule has 0 unspecified atom stereocenters. The van der Waals surface area contributed by atoms with Gasteiger partial charge in [0, 0.05) is 56.4 Å². The summed E-state index contributed by atoms with van der Waals surface area (Å²) in [5.41, 5.74) is 0. The van der Waals surface area contributed by atoms with Crippen molar-refractivity contribution in [3.63, 3.8) is 0 Å². The van der Waals surface area contributed by atoms with E-state index < -0.39 is 0 Å². The van der Waals surface area contributed by atoms with E-state index in [1.165, 1.54) is 0 Å². The molecule has 0 radical (unpaired) electrons. The van der Waals surface area contributed by atoms with Crippen molar-refractivity contribution in [1.82, 2.24) is 20.0 Å². The molecule has 0 aromatic carbocycles. The molecule has 6 nitrogen and oxygen atoms in total. The van der Waals surface area contributed by atoms with Crippen LogP contribution in [0.2, 0.25) is 0 Å². The summed E-state index contributed by atoms with van der Waals surface area (Å²) >= 11 is 0. The first-order valence-corrected chi connectivity index (χ1v) is 5.02. The molecule has 0 saturated heterocycles. The molecule has 0 aliphatic rings. The molecular formula is C10H26N6. The van der Waals surface area contributed by atoms with Crippen LogP contribution in [-0.2, 0) is 0 Å². The van der Waals surface area contributed by atoms with Crippen LogP contribution in [-0.4, -0.2) is 83.0 Å². The maximum absolute atomic E-state index is 7.25. The summed E-state index contributed by atoms with van der Waals surface area (Å²) < 4.78 is 0. The lowest BCUT2D eigenvalue weighted by atomic mass is 10.7. The summed E-state index contributed by atoms with van der Waals surface area (Å²) in [7, 11) is 14.9. The maximum atomic E-state index is 7.25. The molecule has 0 aliphatic heterocycles. The highest BCUT2D eigenvalue weighted by atomic mass is 15.3. The van der Waals surface area contributed by atoms with Gasteiger partial charge in [-0.3, -0.25) is 10.4 Å². The molecule has 0 aromatic rings. The molecule has 16 heavy (non-hydrogen) atoms. The SMILES string of the molecule is CN(C)C(=N)N(C)C.CN=C(NC)N(C)C. The maximum Gasteiger partial charge on any atom is 0.192 e. The molecule has 0 bridgehead atoms. The minimum atomic E-state index is 0.519. The van der Waals surface area contributed by atoms with Crippen LogP contribution in [0.5, 0.6) is 0 Å². The normalized spacial score (nSPS) is 9.88. The van der Waals surface area contributed by atoms with E-state index in [2.05, 4.69) is 10.3 Å². The number of nitrogens with one attached hydrogen (secondary N) is 2. The molecule has 0 amide bonds. The number of hydrogen-bond acceptors (Lipinski definition) is 2. The van der Waals surface area contributed by atoms with Gasteiger partial charge in [0.15, 0.2) is 11.9 Å². The summed E-state index contributed by atoms with van der Waals surface area (Å²) in [5.74, 6) is 1.41. The van der Waals surface area contributed by atoms with Gasteiger partial charge in [-0.05, 0) is 0 Å². The zero-order valence-corrected chi connectivity index (χ0v) is 11.8. The van der Waals surface area contributed by atoms with E-state index in [1.807, 2.05) is 54.2 Å². The van der Waals surface area contributed by atoms with Crippen molar-refractivity contribution in [1.29, 1.82) is 5.41 Å². The fraction of sp³-hybridized carbons (Fsp3) is 0.800. The van der Waals surface area contributed by atoms with E-state index in [0.717, 1.165) is 5.96 Å². The van der Waals surface area contributed by atoms with Gasteiger partial charge < -0.3 is 20.0 Å². The Hall–Kier alpha value is -1.46. The Balaban J connectivity index is 0. The standard InChI is InChI=1S/2C5H13N3/c1-7(2)5(6)8(3)4;1-6-5(7-2)8(3)4/h6H,1-4H3;1-4H3,(H,6,7). The summed E-state index contributed by atoms with van der Waals surface area (Å²) in [6, 6.07) is 0. The van der Waals surface area contributed by atoms with Crippen molar-refractivity contribution in [3.8, 4) is 0 Å². The summed E-state index contributed by atoms with van der Waals surface area (Å²) in [4.78, 5) is 9.35. The Kier molecular flexibility index (Phi) is 9.34. The van der Waals surface area contributed by atoms with Crippen molar-refractivity contribution in [2.45, 2.75) is 0 Å². The summed E-state index contributed by atoms with van der Waals surface area (Å²) in [6.07, 6.45) is 0. The Bertz CT molecular complexity index is 209. The molecule has 0 atom stereocenters. The number of hydrogen-bond donors (Lipinski definition) is 2. The first-order valence-electron chi connectivity index (χ1n) is 5.02. The zero-order chi connectivity index (χ0) is 13.3. The molecule has 0 rings (SSSR count). The highest BCUT2D eigenvalue weighted by Gasteiger charge is 1.97. The molecule has 0 saturated carbocycles. The van der Waals surface area contributed by atoms with Crippen LogP contribution in [0.25, 0.3) is 0 Å². The average Bonchev–Trinajstić information content (AvgIpc) is 2.18. The Morgan fingerprint density at radius 3 is 1.31 bits per heavy atom. The smallest absolute Gasteiger partial charge is 0.192 e. The second-order valence-corrected chi connectivity index (χ2v) is 3.80. The van der Waals surface area contributed by atoms with Gasteiger partial charge in [-0.1, -0.05) is 0 Å². The van der Waals surface area contributed by atoms with E-state index in [4.69, 9.17) is 5.41 Å². The Labute approximate surface area is 99.4 Å². The monoisotopic (exact) mass is 230 g/mol. The Morgan fingerprint density at radius 1 is 0.938 bits per heavy atom.